The Bertz CT molecular complexity index is 334. The lowest BCUT2D eigenvalue weighted by atomic mass is 9.99. The number of nitrogens with zero attached hydrogens (tertiary/aromatic N) is 1. The molecule has 0 radical (unpaired) electrons. The molecule has 0 aliphatic heterocycles. The van der Waals surface area contributed by atoms with Gasteiger partial charge < -0.3 is 10.5 Å². The second-order valence-electron chi connectivity index (χ2n) is 4.82. The number of nitrogens with one attached hydrogen (secondary N) is 1. The maximum atomic E-state index is 12.1. The SMILES string of the molecule is COCCN(C)S(=O)(=O)NC(CN)C1CCCC1.Cl. The van der Waals surface area contributed by atoms with Crippen LogP contribution in [-0.2, 0) is 14.9 Å². The van der Waals surface area contributed by atoms with E-state index in [4.69, 9.17) is 10.5 Å². The van der Waals surface area contributed by atoms with E-state index in [1.54, 1.807) is 14.2 Å². The van der Waals surface area contributed by atoms with Crippen molar-refractivity contribution in [3.63, 3.8) is 0 Å². The average molecular weight is 316 g/mol. The highest BCUT2D eigenvalue weighted by Crippen LogP contribution is 2.27. The van der Waals surface area contributed by atoms with Gasteiger partial charge in [0.1, 0.15) is 0 Å². The van der Waals surface area contributed by atoms with E-state index in [1.807, 2.05) is 0 Å². The fraction of sp³-hybridized carbons (Fsp3) is 1.00. The molecule has 1 fully saturated rings. The van der Waals surface area contributed by atoms with E-state index in [9.17, 15) is 8.42 Å². The van der Waals surface area contributed by atoms with Crippen LogP contribution in [0.3, 0.4) is 0 Å². The topological polar surface area (TPSA) is 84.7 Å². The predicted molar refractivity (Wildman–Crippen MR) is 78.6 cm³/mol. The van der Waals surface area contributed by atoms with E-state index in [0.717, 1.165) is 12.8 Å². The van der Waals surface area contributed by atoms with Gasteiger partial charge in [-0.3, -0.25) is 0 Å². The summed E-state index contributed by atoms with van der Waals surface area (Å²) >= 11 is 0. The van der Waals surface area contributed by atoms with Gasteiger partial charge in [0.25, 0.3) is 10.2 Å². The minimum absolute atomic E-state index is 0. The third-order valence-electron chi connectivity index (χ3n) is 3.54. The standard InChI is InChI=1S/C11H25N3O3S.ClH/c1-14(7-8-17-2)18(15,16)13-11(9-12)10-5-3-4-6-10;/h10-11,13H,3-9,12H2,1-2H3;1H. The molecular weight excluding hydrogens is 290 g/mol. The van der Waals surface area contributed by atoms with Crippen LogP contribution in [-0.4, -0.2) is 52.6 Å². The summed E-state index contributed by atoms with van der Waals surface area (Å²) in [5.74, 6) is 0.376. The van der Waals surface area contributed by atoms with E-state index >= 15 is 0 Å². The summed E-state index contributed by atoms with van der Waals surface area (Å²) in [6.45, 7) is 1.07. The highest BCUT2D eigenvalue weighted by atomic mass is 35.5. The molecule has 1 rings (SSSR count). The van der Waals surface area contributed by atoms with Crippen LogP contribution < -0.4 is 10.5 Å². The highest BCUT2D eigenvalue weighted by molar-refractivity contribution is 7.87. The van der Waals surface area contributed by atoms with Crippen LogP contribution in [0.15, 0.2) is 0 Å². The maximum absolute atomic E-state index is 12.1. The van der Waals surface area contributed by atoms with Crippen molar-refractivity contribution in [2.75, 3.05) is 33.9 Å². The third kappa shape index (κ3) is 5.93. The molecule has 1 saturated carbocycles. The molecular formula is C11H26ClN3O3S. The molecule has 3 N–H and O–H groups in total. The number of hydrogen-bond acceptors (Lipinski definition) is 4. The molecule has 1 aliphatic carbocycles. The minimum atomic E-state index is -3.46. The zero-order valence-corrected chi connectivity index (χ0v) is 13.3. The predicted octanol–water partition coefficient (Wildman–Crippen LogP) is 0.338. The first-order valence-electron chi connectivity index (χ1n) is 6.44. The van der Waals surface area contributed by atoms with Crippen LogP contribution in [0, 0.1) is 5.92 Å². The van der Waals surface area contributed by atoms with E-state index in [0.29, 0.717) is 25.6 Å². The minimum Gasteiger partial charge on any atom is -0.383 e. The lowest BCUT2D eigenvalue weighted by molar-refractivity contribution is 0.184. The van der Waals surface area contributed by atoms with Crippen molar-refractivity contribution in [2.24, 2.45) is 11.7 Å². The Morgan fingerprint density at radius 1 is 1.42 bits per heavy atom. The summed E-state index contributed by atoms with van der Waals surface area (Å²) in [7, 11) is -0.362. The summed E-state index contributed by atoms with van der Waals surface area (Å²) in [6.07, 6.45) is 4.46. The van der Waals surface area contributed by atoms with Gasteiger partial charge in [-0.25, -0.2) is 0 Å². The molecule has 8 heteroatoms. The van der Waals surface area contributed by atoms with Gasteiger partial charge in [-0.1, -0.05) is 12.8 Å². The molecule has 0 saturated heterocycles. The lowest BCUT2D eigenvalue weighted by Crippen LogP contribution is -2.50. The van der Waals surface area contributed by atoms with Gasteiger partial charge in [0.15, 0.2) is 0 Å². The van der Waals surface area contributed by atoms with Crippen molar-refractivity contribution in [2.45, 2.75) is 31.7 Å². The Labute approximate surface area is 122 Å². The van der Waals surface area contributed by atoms with Crippen molar-refractivity contribution in [3.05, 3.63) is 0 Å². The van der Waals surface area contributed by atoms with Gasteiger partial charge in [-0.15, -0.1) is 12.4 Å². The molecule has 1 aliphatic rings. The Kier molecular flexibility index (Phi) is 9.13. The monoisotopic (exact) mass is 315 g/mol. The number of halogens is 1. The summed E-state index contributed by atoms with van der Waals surface area (Å²) in [5, 5.41) is 0. The molecule has 0 aromatic carbocycles. The Morgan fingerprint density at radius 2 is 2.00 bits per heavy atom. The van der Waals surface area contributed by atoms with Crippen LogP contribution in [0.2, 0.25) is 0 Å². The molecule has 0 spiro atoms. The first-order valence-corrected chi connectivity index (χ1v) is 7.88. The maximum Gasteiger partial charge on any atom is 0.279 e. The fourth-order valence-electron chi connectivity index (χ4n) is 2.32. The fourth-order valence-corrected chi connectivity index (χ4v) is 3.48. The van der Waals surface area contributed by atoms with Gasteiger partial charge in [-0.2, -0.15) is 17.4 Å². The van der Waals surface area contributed by atoms with E-state index in [2.05, 4.69) is 4.72 Å². The smallest absolute Gasteiger partial charge is 0.279 e. The molecule has 0 amide bonds. The molecule has 1 atom stereocenters. The van der Waals surface area contributed by atoms with Crippen LogP contribution in [0.5, 0.6) is 0 Å². The Morgan fingerprint density at radius 3 is 2.47 bits per heavy atom. The number of ether oxygens (including phenoxy) is 1. The zero-order valence-electron chi connectivity index (χ0n) is 11.7. The molecule has 6 nitrogen and oxygen atoms in total. The number of methoxy groups -OCH3 is 1. The number of rotatable bonds is 8. The summed E-state index contributed by atoms with van der Waals surface area (Å²) < 4.78 is 33.0. The molecule has 116 valence electrons. The number of hydrogen-bond donors (Lipinski definition) is 2. The van der Waals surface area contributed by atoms with Crippen LogP contribution >= 0.6 is 12.4 Å². The zero-order chi connectivity index (χ0) is 13.6. The molecule has 19 heavy (non-hydrogen) atoms. The van der Waals surface area contributed by atoms with E-state index in [1.165, 1.54) is 17.1 Å². The highest BCUT2D eigenvalue weighted by Gasteiger charge is 2.29. The number of nitrogens with two attached hydrogens (primary N) is 1. The average Bonchev–Trinajstić information content (AvgIpc) is 2.86. The normalized spacial score (nSPS) is 18.5. The molecule has 0 bridgehead atoms. The quantitative estimate of drug-likeness (QED) is 0.676. The second kappa shape index (κ2) is 9.10. The summed E-state index contributed by atoms with van der Waals surface area (Å²) in [6, 6.07) is -0.150. The number of likely N-dealkylation sites (N-methyl/N-ethyl adjacent to an activating group) is 1. The van der Waals surface area contributed by atoms with Gasteiger partial charge in [0.05, 0.1) is 6.61 Å². The van der Waals surface area contributed by atoms with Crippen molar-refractivity contribution in [1.29, 1.82) is 0 Å². The van der Waals surface area contributed by atoms with Crippen LogP contribution in [0.25, 0.3) is 0 Å². The van der Waals surface area contributed by atoms with Gasteiger partial charge >= 0.3 is 0 Å². The van der Waals surface area contributed by atoms with E-state index < -0.39 is 10.2 Å². The second-order valence-corrected chi connectivity index (χ2v) is 6.63. The van der Waals surface area contributed by atoms with Crippen LogP contribution in [0.1, 0.15) is 25.7 Å². The van der Waals surface area contributed by atoms with Crippen molar-refractivity contribution in [3.8, 4) is 0 Å². The van der Waals surface area contributed by atoms with Crippen molar-refractivity contribution < 1.29 is 13.2 Å². The molecule has 0 aromatic rings. The van der Waals surface area contributed by atoms with Crippen LogP contribution in [0.4, 0.5) is 0 Å². The van der Waals surface area contributed by atoms with Crippen molar-refractivity contribution >= 4 is 22.6 Å². The van der Waals surface area contributed by atoms with Gasteiger partial charge in [0.2, 0.25) is 0 Å². The summed E-state index contributed by atoms with van der Waals surface area (Å²) in [4.78, 5) is 0. The lowest BCUT2D eigenvalue weighted by Gasteiger charge is -2.26. The third-order valence-corrected chi connectivity index (χ3v) is 5.15. The first-order chi connectivity index (χ1) is 8.51. The van der Waals surface area contributed by atoms with Gasteiger partial charge in [0, 0.05) is 33.3 Å². The molecule has 1 unspecified atom stereocenters. The van der Waals surface area contributed by atoms with E-state index in [-0.39, 0.29) is 18.4 Å². The first kappa shape index (κ1) is 19.1. The molecule has 0 aromatic heterocycles. The Balaban J connectivity index is 0.00000324. The van der Waals surface area contributed by atoms with Crippen molar-refractivity contribution in [1.82, 2.24) is 9.03 Å². The summed E-state index contributed by atoms with van der Waals surface area (Å²) in [5.41, 5.74) is 5.69. The van der Waals surface area contributed by atoms with Gasteiger partial charge in [-0.05, 0) is 18.8 Å². The Hall–Kier alpha value is 0.0800. The molecule has 0 heterocycles. The largest absolute Gasteiger partial charge is 0.383 e.